The first kappa shape index (κ1) is 17.6. The van der Waals surface area contributed by atoms with Crippen molar-refractivity contribution in [3.05, 3.63) is 71.6 Å². The second-order valence-electron chi connectivity index (χ2n) is 6.19. The van der Waals surface area contributed by atoms with Gasteiger partial charge >= 0.3 is 5.97 Å². The van der Waals surface area contributed by atoms with Crippen molar-refractivity contribution >= 4 is 17.8 Å². The number of esters is 1. The molecule has 3 aromatic rings. The fourth-order valence-corrected chi connectivity index (χ4v) is 2.94. The Balaban J connectivity index is 1.42. The SMILES string of the molecule is C[C@H](C(=O)OCc1nc(-c2ccccc2)no1)N1C(=O)c2ccccc2C1=O. The predicted octanol–water partition coefficient (Wildman–Crippen LogP) is 2.46. The van der Waals surface area contributed by atoms with Crippen LogP contribution in [0.25, 0.3) is 11.4 Å². The number of hydrogen-bond acceptors (Lipinski definition) is 7. The number of hydrogen-bond donors (Lipinski definition) is 0. The average Bonchev–Trinajstić information content (AvgIpc) is 3.30. The van der Waals surface area contributed by atoms with Gasteiger partial charge in [0, 0.05) is 5.56 Å². The molecule has 0 spiro atoms. The van der Waals surface area contributed by atoms with E-state index in [4.69, 9.17) is 9.26 Å². The molecule has 0 unspecified atom stereocenters. The summed E-state index contributed by atoms with van der Waals surface area (Å²) in [6.45, 7) is 1.18. The van der Waals surface area contributed by atoms with Gasteiger partial charge in [0.1, 0.15) is 6.04 Å². The third-order valence-corrected chi connectivity index (χ3v) is 4.39. The van der Waals surface area contributed by atoms with Gasteiger partial charge in [0.05, 0.1) is 11.1 Å². The summed E-state index contributed by atoms with van der Waals surface area (Å²) in [4.78, 5) is 42.3. The summed E-state index contributed by atoms with van der Waals surface area (Å²) in [6.07, 6.45) is 0. The molecule has 1 aliphatic rings. The topological polar surface area (TPSA) is 103 Å². The molecule has 0 saturated carbocycles. The van der Waals surface area contributed by atoms with Gasteiger partial charge in [0.25, 0.3) is 17.7 Å². The van der Waals surface area contributed by atoms with Crippen molar-refractivity contribution in [3.8, 4) is 11.4 Å². The third-order valence-electron chi connectivity index (χ3n) is 4.39. The maximum Gasteiger partial charge on any atom is 0.329 e. The average molecular weight is 377 g/mol. The van der Waals surface area contributed by atoms with Crippen molar-refractivity contribution in [2.24, 2.45) is 0 Å². The van der Waals surface area contributed by atoms with E-state index in [0.717, 1.165) is 10.5 Å². The molecule has 1 atom stereocenters. The number of carbonyl (C=O) groups is 3. The molecule has 4 rings (SSSR count). The summed E-state index contributed by atoms with van der Waals surface area (Å²) >= 11 is 0. The summed E-state index contributed by atoms with van der Waals surface area (Å²) in [5.74, 6) is -1.29. The first-order valence-corrected chi connectivity index (χ1v) is 8.58. The van der Waals surface area contributed by atoms with E-state index < -0.39 is 23.8 Å². The van der Waals surface area contributed by atoms with Crippen molar-refractivity contribution in [1.29, 1.82) is 0 Å². The number of rotatable bonds is 5. The molecule has 1 aromatic heterocycles. The maximum absolute atomic E-state index is 12.4. The molecule has 0 bridgehead atoms. The van der Waals surface area contributed by atoms with E-state index in [-0.39, 0.29) is 23.6 Å². The molecule has 0 aliphatic carbocycles. The number of aromatic nitrogens is 2. The molecule has 2 aromatic carbocycles. The van der Waals surface area contributed by atoms with Crippen LogP contribution >= 0.6 is 0 Å². The Morgan fingerprint density at radius 3 is 2.29 bits per heavy atom. The first-order chi connectivity index (χ1) is 13.6. The Bertz CT molecular complexity index is 1030. The minimum atomic E-state index is -1.08. The highest BCUT2D eigenvalue weighted by molar-refractivity contribution is 6.22. The van der Waals surface area contributed by atoms with Crippen molar-refractivity contribution in [3.63, 3.8) is 0 Å². The van der Waals surface area contributed by atoms with Crippen LogP contribution < -0.4 is 0 Å². The second-order valence-corrected chi connectivity index (χ2v) is 6.19. The third kappa shape index (κ3) is 3.05. The van der Waals surface area contributed by atoms with Crippen molar-refractivity contribution in [2.45, 2.75) is 19.6 Å². The number of benzene rings is 2. The zero-order valence-electron chi connectivity index (χ0n) is 14.9. The smallest absolute Gasteiger partial charge is 0.329 e. The molecular formula is C20H15N3O5. The summed E-state index contributed by atoms with van der Waals surface area (Å²) in [6, 6.07) is 14.6. The minimum Gasteiger partial charge on any atom is -0.454 e. The zero-order valence-corrected chi connectivity index (χ0v) is 14.9. The van der Waals surface area contributed by atoms with Crippen molar-refractivity contribution < 1.29 is 23.6 Å². The number of carbonyl (C=O) groups excluding carboxylic acids is 3. The summed E-state index contributed by atoms with van der Waals surface area (Å²) in [5, 5.41) is 3.84. The van der Waals surface area contributed by atoms with Crippen LogP contribution in [-0.4, -0.2) is 38.9 Å². The normalized spacial score (nSPS) is 14.1. The number of ether oxygens (including phenoxy) is 1. The summed E-state index contributed by atoms with van der Waals surface area (Å²) in [5.41, 5.74) is 1.32. The van der Waals surface area contributed by atoms with E-state index in [2.05, 4.69) is 10.1 Å². The van der Waals surface area contributed by atoms with E-state index in [1.807, 2.05) is 30.3 Å². The Morgan fingerprint density at radius 1 is 1.04 bits per heavy atom. The molecule has 1 aliphatic heterocycles. The van der Waals surface area contributed by atoms with E-state index in [1.165, 1.54) is 6.92 Å². The molecule has 2 amide bonds. The Hall–Kier alpha value is -3.81. The van der Waals surface area contributed by atoms with E-state index in [9.17, 15) is 14.4 Å². The molecular weight excluding hydrogens is 362 g/mol. The lowest BCUT2D eigenvalue weighted by atomic mass is 10.1. The van der Waals surface area contributed by atoms with Gasteiger partial charge in [-0.25, -0.2) is 4.79 Å². The van der Waals surface area contributed by atoms with E-state index in [1.54, 1.807) is 24.3 Å². The highest BCUT2D eigenvalue weighted by atomic mass is 16.6. The van der Waals surface area contributed by atoms with Gasteiger partial charge in [-0.2, -0.15) is 4.98 Å². The molecule has 8 nitrogen and oxygen atoms in total. The van der Waals surface area contributed by atoms with Gasteiger partial charge in [-0.05, 0) is 19.1 Å². The fourth-order valence-electron chi connectivity index (χ4n) is 2.94. The molecule has 2 heterocycles. The van der Waals surface area contributed by atoms with Crippen LogP contribution in [0.4, 0.5) is 0 Å². The van der Waals surface area contributed by atoms with Crippen LogP contribution in [0.5, 0.6) is 0 Å². The molecule has 0 saturated heterocycles. The quantitative estimate of drug-likeness (QED) is 0.497. The molecule has 28 heavy (non-hydrogen) atoms. The monoisotopic (exact) mass is 377 g/mol. The lowest BCUT2D eigenvalue weighted by molar-refractivity contribution is -0.149. The Morgan fingerprint density at radius 2 is 1.64 bits per heavy atom. The van der Waals surface area contributed by atoms with Crippen molar-refractivity contribution in [2.75, 3.05) is 0 Å². The molecule has 0 N–H and O–H groups in total. The lowest BCUT2D eigenvalue weighted by Crippen LogP contribution is -2.43. The van der Waals surface area contributed by atoms with Crippen LogP contribution in [0.15, 0.2) is 59.1 Å². The van der Waals surface area contributed by atoms with Gasteiger partial charge in [0.2, 0.25) is 5.82 Å². The lowest BCUT2D eigenvalue weighted by Gasteiger charge is -2.20. The summed E-state index contributed by atoms with van der Waals surface area (Å²) in [7, 11) is 0. The Kier molecular flexibility index (Phi) is 4.44. The maximum atomic E-state index is 12.4. The molecule has 140 valence electrons. The van der Waals surface area contributed by atoms with Gasteiger partial charge in [-0.1, -0.05) is 47.6 Å². The standard InChI is InChI=1S/C20H15N3O5/c1-12(23-18(24)14-9-5-6-10-15(14)19(23)25)20(26)27-11-16-21-17(22-28-16)13-7-3-2-4-8-13/h2-10,12H,11H2,1H3/t12-/m1/s1. The molecule has 8 heteroatoms. The number of amides is 2. The van der Waals surface area contributed by atoms with Gasteiger partial charge in [0.15, 0.2) is 6.61 Å². The van der Waals surface area contributed by atoms with Gasteiger partial charge < -0.3 is 9.26 Å². The number of nitrogens with zero attached hydrogens (tertiary/aromatic N) is 3. The Labute approximate surface area is 159 Å². The molecule has 0 radical (unpaired) electrons. The number of imide groups is 1. The highest BCUT2D eigenvalue weighted by Crippen LogP contribution is 2.25. The van der Waals surface area contributed by atoms with E-state index >= 15 is 0 Å². The first-order valence-electron chi connectivity index (χ1n) is 8.58. The van der Waals surface area contributed by atoms with Crippen LogP contribution in [-0.2, 0) is 16.1 Å². The van der Waals surface area contributed by atoms with Crippen molar-refractivity contribution in [1.82, 2.24) is 15.0 Å². The zero-order chi connectivity index (χ0) is 19.7. The van der Waals surface area contributed by atoms with Crippen LogP contribution in [0.1, 0.15) is 33.5 Å². The van der Waals surface area contributed by atoms with Crippen LogP contribution in [0.3, 0.4) is 0 Å². The van der Waals surface area contributed by atoms with Gasteiger partial charge in [-0.3, -0.25) is 14.5 Å². The predicted molar refractivity (Wildman–Crippen MR) is 95.9 cm³/mol. The molecule has 0 fully saturated rings. The van der Waals surface area contributed by atoms with Crippen LogP contribution in [0.2, 0.25) is 0 Å². The fraction of sp³-hybridized carbons (Fsp3) is 0.150. The van der Waals surface area contributed by atoms with E-state index in [0.29, 0.717) is 5.82 Å². The number of fused-ring (bicyclic) bond motifs is 1. The highest BCUT2D eigenvalue weighted by Gasteiger charge is 2.41. The second kappa shape index (κ2) is 7.07. The summed E-state index contributed by atoms with van der Waals surface area (Å²) < 4.78 is 10.2. The van der Waals surface area contributed by atoms with Gasteiger partial charge in [-0.15, -0.1) is 0 Å². The minimum absolute atomic E-state index is 0.113. The largest absolute Gasteiger partial charge is 0.454 e. The van der Waals surface area contributed by atoms with Crippen LogP contribution in [0, 0.1) is 0 Å².